The van der Waals surface area contributed by atoms with Crippen LogP contribution in [0.5, 0.6) is 5.75 Å². The molecule has 1 aromatic rings. The van der Waals surface area contributed by atoms with E-state index in [1.54, 1.807) is 18.2 Å². The number of halogens is 2. The van der Waals surface area contributed by atoms with Crippen molar-refractivity contribution >= 4 is 23.2 Å². The zero-order valence-electron chi connectivity index (χ0n) is 10.9. The zero-order valence-corrected chi connectivity index (χ0v) is 12.4. The van der Waals surface area contributed by atoms with Crippen LogP contribution in [0.2, 0.25) is 10.0 Å². The Morgan fingerprint density at radius 1 is 1.47 bits per heavy atom. The fourth-order valence-electron chi connectivity index (χ4n) is 2.07. The molecule has 0 radical (unpaired) electrons. The van der Waals surface area contributed by atoms with Crippen molar-refractivity contribution in [1.29, 1.82) is 0 Å². The molecule has 0 amide bonds. The first-order valence-electron chi connectivity index (χ1n) is 6.59. The highest BCUT2D eigenvalue weighted by Gasteiger charge is 2.34. The van der Waals surface area contributed by atoms with E-state index in [0.29, 0.717) is 28.4 Å². The Balaban J connectivity index is 1.71. The van der Waals surface area contributed by atoms with Crippen molar-refractivity contribution in [2.45, 2.75) is 31.9 Å². The Morgan fingerprint density at radius 3 is 2.95 bits per heavy atom. The van der Waals surface area contributed by atoms with Crippen LogP contribution in [-0.4, -0.2) is 30.4 Å². The van der Waals surface area contributed by atoms with Gasteiger partial charge in [-0.3, -0.25) is 0 Å². The topological polar surface area (TPSA) is 41.5 Å². The van der Waals surface area contributed by atoms with Crippen molar-refractivity contribution in [1.82, 2.24) is 5.32 Å². The maximum Gasteiger partial charge on any atom is 0.139 e. The van der Waals surface area contributed by atoms with Gasteiger partial charge in [-0.1, -0.05) is 36.5 Å². The van der Waals surface area contributed by atoms with E-state index in [2.05, 4.69) is 12.2 Å². The Hall–Kier alpha value is -0.480. The lowest BCUT2D eigenvalue weighted by atomic mass is 10.3. The van der Waals surface area contributed by atoms with Crippen molar-refractivity contribution < 1.29 is 9.84 Å². The summed E-state index contributed by atoms with van der Waals surface area (Å²) in [5.74, 6) is 1.28. The second kappa shape index (κ2) is 6.80. The molecule has 1 aliphatic rings. The lowest BCUT2D eigenvalue weighted by Gasteiger charge is -2.14. The molecule has 1 fully saturated rings. The molecule has 2 N–H and O–H groups in total. The molecule has 0 bridgehead atoms. The van der Waals surface area contributed by atoms with Crippen LogP contribution in [-0.2, 0) is 0 Å². The average Bonchev–Trinajstić information content (AvgIpc) is 3.16. The van der Waals surface area contributed by atoms with Crippen LogP contribution in [0.25, 0.3) is 0 Å². The van der Waals surface area contributed by atoms with Gasteiger partial charge < -0.3 is 15.2 Å². The number of hydrogen-bond donors (Lipinski definition) is 2. The van der Waals surface area contributed by atoms with Gasteiger partial charge in [0.25, 0.3) is 0 Å². The van der Waals surface area contributed by atoms with E-state index in [9.17, 15) is 5.11 Å². The summed E-state index contributed by atoms with van der Waals surface area (Å²) in [5.41, 5.74) is 0. The van der Waals surface area contributed by atoms with Crippen LogP contribution >= 0.6 is 23.2 Å². The van der Waals surface area contributed by atoms with Crippen molar-refractivity contribution in [3.05, 3.63) is 28.2 Å². The molecule has 0 aliphatic heterocycles. The molecule has 3 nitrogen and oxygen atoms in total. The number of aliphatic hydroxyl groups is 1. The molecular weight excluding hydrogens is 285 g/mol. The van der Waals surface area contributed by atoms with Crippen molar-refractivity contribution in [3.63, 3.8) is 0 Å². The van der Waals surface area contributed by atoms with Gasteiger partial charge in [0.05, 0.1) is 5.02 Å². The molecule has 3 atom stereocenters. The monoisotopic (exact) mass is 303 g/mol. The van der Waals surface area contributed by atoms with Crippen molar-refractivity contribution in [2.75, 3.05) is 13.2 Å². The summed E-state index contributed by atoms with van der Waals surface area (Å²) in [7, 11) is 0. The second-order valence-electron chi connectivity index (χ2n) is 4.96. The van der Waals surface area contributed by atoms with Crippen LogP contribution in [0.15, 0.2) is 18.2 Å². The van der Waals surface area contributed by atoms with Gasteiger partial charge in [0.2, 0.25) is 0 Å². The summed E-state index contributed by atoms with van der Waals surface area (Å²) in [5, 5.41) is 14.2. The van der Waals surface area contributed by atoms with E-state index in [1.807, 2.05) is 0 Å². The standard InChI is InChI=1S/C14H19Cl2NO2/c1-2-9-5-13(9)17-7-11(18)8-19-14-6-10(15)3-4-12(14)16/h3-4,6,9,11,13,17-18H,2,5,7-8H2,1H3. The van der Waals surface area contributed by atoms with Crippen molar-refractivity contribution in [3.8, 4) is 5.75 Å². The predicted octanol–water partition coefficient (Wildman–Crippen LogP) is 3.12. The Morgan fingerprint density at radius 2 is 2.26 bits per heavy atom. The van der Waals surface area contributed by atoms with E-state index in [-0.39, 0.29) is 6.61 Å². The number of ether oxygens (including phenoxy) is 1. The minimum atomic E-state index is -0.548. The molecule has 1 saturated carbocycles. The molecule has 0 spiro atoms. The van der Waals surface area contributed by atoms with Gasteiger partial charge in [0, 0.05) is 23.7 Å². The Labute approximate surface area is 123 Å². The first-order valence-corrected chi connectivity index (χ1v) is 7.35. The summed E-state index contributed by atoms with van der Waals surface area (Å²) >= 11 is 11.8. The minimum absolute atomic E-state index is 0.205. The molecule has 0 aromatic heterocycles. The summed E-state index contributed by atoms with van der Waals surface area (Å²) in [6, 6.07) is 5.60. The quantitative estimate of drug-likeness (QED) is 0.813. The second-order valence-corrected chi connectivity index (χ2v) is 5.80. The Bertz CT molecular complexity index is 428. The predicted molar refractivity (Wildman–Crippen MR) is 78.2 cm³/mol. The number of benzene rings is 1. The zero-order chi connectivity index (χ0) is 13.8. The summed E-state index contributed by atoms with van der Waals surface area (Å²) < 4.78 is 5.48. The smallest absolute Gasteiger partial charge is 0.139 e. The fourth-order valence-corrected chi connectivity index (χ4v) is 2.40. The van der Waals surface area contributed by atoms with Gasteiger partial charge in [0.1, 0.15) is 18.5 Å². The highest BCUT2D eigenvalue weighted by molar-refractivity contribution is 6.34. The SMILES string of the molecule is CCC1CC1NCC(O)COc1cc(Cl)ccc1Cl. The van der Waals surface area contributed by atoms with E-state index in [0.717, 1.165) is 5.92 Å². The van der Waals surface area contributed by atoms with Crippen LogP contribution in [0.1, 0.15) is 19.8 Å². The average molecular weight is 304 g/mol. The summed E-state index contributed by atoms with van der Waals surface area (Å²) in [6.07, 6.45) is 1.86. The van der Waals surface area contributed by atoms with Crippen LogP contribution in [0.4, 0.5) is 0 Å². The van der Waals surface area contributed by atoms with E-state index < -0.39 is 6.10 Å². The lowest BCUT2D eigenvalue weighted by Crippen LogP contribution is -2.33. The third-order valence-electron chi connectivity index (χ3n) is 3.39. The molecule has 0 heterocycles. The molecule has 3 unspecified atom stereocenters. The molecule has 1 aromatic carbocycles. The van der Waals surface area contributed by atoms with Gasteiger partial charge in [0.15, 0.2) is 0 Å². The molecule has 0 saturated heterocycles. The van der Waals surface area contributed by atoms with Gasteiger partial charge in [-0.15, -0.1) is 0 Å². The molecule has 1 aliphatic carbocycles. The third kappa shape index (κ3) is 4.53. The Kier molecular flexibility index (Phi) is 5.34. The maximum atomic E-state index is 9.84. The highest BCUT2D eigenvalue weighted by atomic mass is 35.5. The number of nitrogens with one attached hydrogen (secondary N) is 1. The minimum Gasteiger partial charge on any atom is -0.489 e. The van der Waals surface area contributed by atoms with Crippen LogP contribution in [0, 0.1) is 5.92 Å². The van der Waals surface area contributed by atoms with E-state index >= 15 is 0 Å². The molecule has 2 rings (SSSR count). The summed E-state index contributed by atoms with van der Waals surface area (Å²) in [6.45, 7) is 2.93. The van der Waals surface area contributed by atoms with Crippen LogP contribution in [0.3, 0.4) is 0 Å². The number of hydrogen-bond acceptors (Lipinski definition) is 3. The first kappa shape index (κ1) is 14.9. The van der Waals surface area contributed by atoms with Crippen molar-refractivity contribution in [2.24, 2.45) is 5.92 Å². The van der Waals surface area contributed by atoms with Gasteiger partial charge in [-0.25, -0.2) is 0 Å². The van der Waals surface area contributed by atoms with E-state index in [1.165, 1.54) is 12.8 Å². The summed E-state index contributed by atoms with van der Waals surface area (Å²) in [4.78, 5) is 0. The molecule has 106 valence electrons. The first-order chi connectivity index (χ1) is 9.10. The molecule has 19 heavy (non-hydrogen) atoms. The maximum absolute atomic E-state index is 9.84. The van der Waals surface area contributed by atoms with Gasteiger partial charge in [-0.05, 0) is 24.5 Å². The largest absolute Gasteiger partial charge is 0.489 e. The normalized spacial score (nSPS) is 23.2. The van der Waals surface area contributed by atoms with Gasteiger partial charge in [-0.2, -0.15) is 0 Å². The number of aliphatic hydroxyl groups excluding tert-OH is 1. The number of rotatable bonds is 7. The lowest BCUT2D eigenvalue weighted by molar-refractivity contribution is 0.106. The fraction of sp³-hybridized carbons (Fsp3) is 0.571. The highest BCUT2D eigenvalue weighted by Crippen LogP contribution is 2.33. The van der Waals surface area contributed by atoms with Gasteiger partial charge >= 0.3 is 0 Å². The molecule has 5 heteroatoms. The molecular formula is C14H19Cl2NO2. The van der Waals surface area contributed by atoms with Crippen LogP contribution < -0.4 is 10.1 Å². The van der Waals surface area contributed by atoms with E-state index in [4.69, 9.17) is 27.9 Å². The third-order valence-corrected chi connectivity index (χ3v) is 3.93.